The van der Waals surface area contributed by atoms with Gasteiger partial charge in [-0.3, -0.25) is 14.5 Å². The fourth-order valence-corrected chi connectivity index (χ4v) is 4.28. The van der Waals surface area contributed by atoms with Gasteiger partial charge in [0.15, 0.2) is 0 Å². The molecular formula is C27H21ClF3NO6. The van der Waals surface area contributed by atoms with E-state index in [1.807, 2.05) is 0 Å². The van der Waals surface area contributed by atoms with Crippen LogP contribution in [0.4, 0.5) is 18.9 Å². The third-order valence-corrected chi connectivity index (χ3v) is 6.02. The summed E-state index contributed by atoms with van der Waals surface area (Å²) >= 11 is 6.16. The number of ketones is 1. The van der Waals surface area contributed by atoms with Gasteiger partial charge in [-0.2, -0.15) is 0 Å². The zero-order valence-corrected chi connectivity index (χ0v) is 20.8. The van der Waals surface area contributed by atoms with Crippen molar-refractivity contribution < 1.29 is 42.1 Å². The molecule has 0 saturated carbocycles. The van der Waals surface area contributed by atoms with Crippen LogP contribution in [0.5, 0.6) is 17.2 Å². The van der Waals surface area contributed by atoms with Crippen molar-refractivity contribution in [3.05, 3.63) is 88.5 Å². The van der Waals surface area contributed by atoms with Gasteiger partial charge in [-0.25, -0.2) is 0 Å². The SMILES string of the molecule is CCOc1cc(/C(O)=C2/C(=O)C(=O)N(c3ccc(OC(F)(F)F)cc3)C2c2cccc(OC)c2)ccc1Cl. The first-order chi connectivity index (χ1) is 18.0. The molecule has 198 valence electrons. The maximum absolute atomic E-state index is 13.3. The van der Waals surface area contributed by atoms with E-state index in [0.29, 0.717) is 17.9 Å². The Labute approximate surface area is 220 Å². The number of alkyl halides is 3. The second-order valence-corrected chi connectivity index (χ2v) is 8.47. The van der Waals surface area contributed by atoms with Gasteiger partial charge in [0, 0.05) is 11.3 Å². The lowest BCUT2D eigenvalue weighted by Crippen LogP contribution is -2.29. The molecule has 0 spiro atoms. The summed E-state index contributed by atoms with van der Waals surface area (Å²) in [5.41, 5.74) is 0.473. The first kappa shape index (κ1) is 26.9. The molecule has 4 rings (SSSR count). The Morgan fingerprint density at radius 2 is 1.74 bits per heavy atom. The molecule has 3 aromatic carbocycles. The van der Waals surface area contributed by atoms with Crippen molar-refractivity contribution in [2.75, 3.05) is 18.6 Å². The monoisotopic (exact) mass is 547 g/mol. The van der Waals surface area contributed by atoms with Gasteiger partial charge in [-0.1, -0.05) is 23.7 Å². The van der Waals surface area contributed by atoms with Gasteiger partial charge >= 0.3 is 6.36 Å². The molecule has 1 aliphatic rings. The number of amides is 1. The van der Waals surface area contributed by atoms with E-state index in [1.165, 1.54) is 37.4 Å². The minimum atomic E-state index is -4.90. The number of carbonyl (C=O) groups excluding carboxylic acids is 2. The van der Waals surface area contributed by atoms with E-state index >= 15 is 0 Å². The molecule has 1 heterocycles. The van der Waals surface area contributed by atoms with Gasteiger partial charge < -0.3 is 19.3 Å². The lowest BCUT2D eigenvalue weighted by Gasteiger charge is -2.26. The van der Waals surface area contributed by atoms with Gasteiger partial charge in [0.05, 0.1) is 30.4 Å². The number of ether oxygens (including phenoxy) is 3. The van der Waals surface area contributed by atoms with Crippen molar-refractivity contribution in [1.82, 2.24) is 0 Å². The average Bonchev–Trinajstić information content (AvgIpc) is 3.15. The summed E-state index contributed by atoms with van der Waals surface area (Å²) in [7, 11) is 1.44. The number of Topliss-reactive ketones (excluding diaryl/α,β-unsaturated/α-hetero) is 1. The summed E-state index contributed by atoms with van der Waals surface area (Å²) in [6.07, 6.45) is -4.90. The van der Waals surface area contributed by atoms with E-state index in [-0.39, 0.29) is 27.6 Å². The minimum absolute atomic E-state index is 0.111. The predicted molar refractivity (Wildman–Crippen MR) is 134 cm³/mol. The normalized spacial score (nSPS) is 17.0. The number of aliphatic hydroxyl groups excluding tert-OH is 1. The maximum Gasteiger partial charge on any atom is 0.573 e. The Morgan fingerprint density at radius 1 is 1.03 bits per heavy atom. The average molecular weight is 548 g/mol. The molecule has 1 N–H and O–H groups in total. The lowest BCUT2D eigenvalue weighted by molar-refractivity contribution is -0.274. The van der Waals surface area contributed by atoms with Gasteiger partial charge in [-0.05, 0) is 67.1 Å². The molecule has 1 amide bonds. The lowest BCUT2D eigenvalue weighted by atomic mass is 9.95. The molecule has 0 radical (unpaired) electrons. The highest BCUT2D eigenvalue weighted by Crippen LogP contribution is 2.44. The summed E-state index contributed by atoms with van der Waals surface area (Å²) in [5, 5.41) is 11.6. The van der Waals surface area contributed by atoms with Gasteiger partial charge in [0.25, 0.3) is 11.7 Å². The van der Waals surface area contributed by atoms with E-state index < -0.39 is 35.6 Å². The van der Waals surface area contributed by atoms with Gasteiger partial charge in [0.2, 0.25) is 0 Å². The van der Waals surface area contributed by atoms with Crippen LogP contribution < -0.4 is 19.1 Å². The maximum atomic E-state index is 13.3. The second-order valence-electron chi connectivity index (χ2n) is 8.07. The smallest absolute Gasteiger partial charge is 0.507 e. The highest BCUT2D eigenvalue weighted by molar-refractivity contribution is 6.51. The summed E-state index contributed by atoms with van der Waals surface area (Å²) in [6, 6.07) is 14.3. The third-order valence-electron chi connectivity index (χ3n) is 5.71. The Morgan fingerprint density at radius 3 is 2.37 bits per heavy atom. The summed E-state index contributed by atoms with van der Waals surface area (Å²) in [4.78, 5) is 27.7. The number of methoxy groups -OCH3 is 1. The molecule has 0 bridgehead atoms. The Kier molecular flexibility index (Phi) is 7.54. The molecule has 11 heteroatoms. The van der Waals surface area contributed by atoms with Gasteiger partial charge in [-0.15, -0.1) is 13.2 Å². The number of nitrogens with zero attached hydrogens (tertiary/aromatic N) is 1. The Balaban J connectivity index is 1.88. The highest BCUT2D eigenvalue weighted by atomic mass is 35.5. The molecule has 3 aromatic rings. The quantitative estimate of drug-likeness (QED) is 0.213. The van der Waals surface area contributed by atoms with E-state index in [2.05, 4.69) is 4.74 Å². The fourth-order valence-electron chi connectivity index (χ4n) is 4.11. The Bertz CT molecular complexity index is 1400. The molecule has 1 atom stereocenters. The molecule has 1 aliphatic heterocycles. The number of aliphatic hydroxyl groups is 1. The van der Waals surface area contributed by atoms with Crippen LogP contribution in [0.2, 0.25) is 5.02 Å². The topological polar surface area (TPSA) is 85.3 Å². The number of anilines is 1. The molecule has 7 nitrogen and oxygen atoms in total. The van der Waals surface area contributed by atoms with Crippen molar-refractivity contribution >= 4 is 34.7 Å². The van der Waals surface area contributed by atoms with Crippen LogP contribution >= 0.6 is 11.6 Å². The van der Waals surface area contributed by atoms with E-state index in [0.717, 1.165) is 17.0 Å². The van der Waals surface area contributed by atoms with Crippen molar-refractivity contribution in [2.24, 2.45) is 0 Å². The first-order valence-corrected chi connectivity index (χ1v) is 11.6. The van der Waals surface area contributed by atoms with Crippen LogP contribution in [0.15, 0.2) is 72.3 Å². The number of carbonyl (C=O) groups is 2. The predicted octanol–water partition coefficient (Wildman–Crippen LogP) is 6.27. The van der Waals surface area contributed by atoms with Crippen molar-refractivity contribution in [3.63, 3.8) is 0 Å². The number of benzene rings is 3. The largest absolute Gasteiger partial charge is 0.573 e. The van der Waals surface area contributed by atoms with Crippen LogP contribution in [0.3, 0.4) is 0 Å². The standard InChI is InChI=1S/C27H21ClF3NO6/c1-3-37-21-14-16(7-12-20(21)28)24(33)22-23(15-5-4-6-19(13-15)36-2)32(26(35)25(22)34)17-8-10-18(11-9-17)38-27(29,30)31/h4-14,23,33H,3H2,1-2H3/b24-22-. The summed E-state index contributed by atoms with van der Waals surface area (Å²) in [6.45, 7) is 2.05. The molecule has 1 fully saturated rings. The first-order valence-electron chi connectivity index (χ1n) is 11.3. The molecule has 0 aromatic heterocycles. The number of hydrogen-bond acceptors (Lipinski definition) is 6. The zero-order valence-electron chi connectivity index (χ0n) is 20.1. The van der Waals surface area contributed by atoms with Crippen molar-refractivity contribution in [1.29, 1.82) is 0 Å². The second kappa shape index (κ2) is 10.7. The van der Waals surface area contributed by atoms with Crippen molar-refractivity contribution in [2.45, 2.75) is 19.3 Å². The van der Waals surface area contributed by atoms with Crippen LogP contribution in [-0.4, -0.2) is 36.9 Å². The highest BCUT2D eigenvalue weighted by Gasteiger charge is 2.47. The number of hydrogen-bond donors (Lipinski definition) is 1. The molecular weight excluding hydrogens is 527 g/mol. The fraction of sp³-hybridized carbons (Fsp3) is 0.185. The number of rotatable bonds is 7. The van der Waals surface area contributed by atoms with Gasteiger partial charge in [0.1, 0.15) is 23.0 Å². The molecule has 1 saturated heterocycles. The zero-order chi connectivity index (χ0) is 27.6. The molecule has 1 unspecified atom stereocenters. The number of halogens is 4. The summed E-state index contributed by atoms with van der Waals surface area (Å²) < 4.78 is 52.5. The third kappa shape index (κ3) is 5.40. The minimum Gasteiger partial charge on any atom is -0.507 e. The van der Waals surface area contributed by atoms with Crippen LogP contribution in [0.1, 0.15) is 24.1 Å². The van der Waals surface area contributed by atoms with Crippen molar-refractivity contribution in [3.8, 4) is 17.2 Å². The van der Waals surface area contributed by atoms with Crippen LogP contribution in [-0.2, 0) is 9.59 Å². The van der Waals surface area contributed by atoms with Crippen LogP contribution in [0.25, 0.3) is 5.76 Å². The van der Waals surface area contributed by atoms with E-state index in [4.69, 9.17) is 21.1 Å². The van der Waals surface area contributed by atoms with E-state index in [1.54, 1.807) is 31.2 Å². The molecule has 38 heavy (non-hydrogen) atoms. The summed E-state index contributed by atoms with van der Waals surface area (Å²) in [5.74, 6) is -2.26. The van der Waals surface area contributed by atoms with E-state index in [9.17, 15) is 27.9 Å². The Hall–Kier alpha value is -4.18. The molecule has 0 aliphatic carbocycles. The van der Waals surface area contributed by atoms with Crippen LogP contribution in [0, 0.1) is 0 Å².